The van der Waals surface area contributed by atoms with Gasteiger partial charge in [-0.05, 0) is 71.9 Å². The second-order valence-corrected chi connectivity index (χ2v) is 9.61. The number of benzene rings is 2. The molecule has 5 rings (SSSR count). The minimum atomic E-state index is -0.719. The van der Waals surface area contributed by atoms with Crippen LogP contribution >= 0.6 is 0 Å². The van der Waals surface area contributed by atoms with Crippen LogP contribution in [0.2, 0.25) is 0 Å². The van der Waals surface area contributed by atoms with Crippen LogP contribution in [0.15, 0.2) is 48.5 Å². The number of carbonyl (C=O) groups is 1. The number of fused-ring (bicyclic) bond motifs is 4. The first-order chi connectivity index (χ1) is 13.9. The van der Waals surface area contributed by atoms with E-state index in [1.54, 1.807) is 6.07 Å². The van der Waals surface area contributed by atoms with E-state index in [9.17, 15) is 15.0 Å². The van der Waals surface area contributed by atoms with E-state index in [0.29, 0.717) is 17.7 Å². The summed E-state index contributed by atoms with van der Waals surface area (Å²) in [6.07, 6.45) is 2.75. The molecule has 1 aliphatic heterocycles. The fourth-order valence-corrected chi connectivity index (χ4v) is 6.23. The molecule has 1 unspecified atom stereocenters. The van der Waals surface area contributed by atoms with Gasteiger partial charge in [0.15, 0.2) is 0 Å². The minimum absolute atomic E-state index is 0.0698. The fraction of sp³-hybridized carbons (Fsp3) is 0.480. The molecule has 5 atom stereocenters. The van der Waals surface area contributed by atoms with Crippen molar-refractivity contribution in [2.75, 3.05) is 13.1 Å². The molecule has 2 bridgehead atoms. The lowest BCUT2D eigenvalue weighted by molar-refractivity contribution is -0.140. The number of piperidine rings is 1. The third kappa shape index (κ3) is 2.65. The van der Waals surface area contributed by atoms with Crippen molar-refractivity contribution in [3.63, 3.8) is 0 Å². The zero-order chi connectivity index (χ0) is 20.4. The lowest BCUT2D eigenvalue weighted by atomic mass is 9.59. The Kier molecular flexibility index (Phi) is 4.08. The normalized spacial score (nSPS) is 35.7. The predicted molar refractivity (Wildman–Crippen MR) is 112 cm³/mol. The van der Waals surface area contributed by atoms with Gasteiger partial charge in [-0.1, -0.05) is 50.2 Å². The molecule has 2 aromatic carbocycles. The van der Waals surface area contributed by atoms with Crippen molar-refractivity contribution in [1.82, 2.24) is 4.90 Å². The van der Waals surface area contributed by atoms with Crippen LogP contribution in [0.1, 0.15) is 43.4 Å². The number of likely N-dealkylation sites (tertiary alicyclic amines) is 1. The first kappa shape index (κ1) is 18.7. The number of carboxylic acids is 1. The molecule has 29 heavy (non-hydrogen) atoms. The SMILES string of the molecule is CC1[C@@H]2Cc3ccc(O)cc3[C@@]1(C)CCN2C[C@H]1C[C@]1(C(=O)O)c1ccccc1. The molecule has 0 amide bonds. The Bertz CT molecular complexity index is 958. The summed E-state index contributed by atoms with van der Waals surface area (Å²) < 4.78 is 0. The largest absolute Gasteiger partial charge is 0.508 e. The molecule has 1 saturated carbocycles. The van der Waals surface area contributed by atoms with Crippen LogP contribution in [0.5, 0.6) is 5.75 Å². The molecule has 4 heteroatoms. The lowest BCUT2D eigenvalue weighted by Gasteiger charge is -2.54. The number of aromatic hydroxyl groups is 1. The summed E-state index contributed by atoms with van der Waals surface area (Å²) >= 11 is 0. The zero-order valence-corrected chi connectivity index (χ0v) is 17.1. The molecular weight excluding hydrogens is 362 g/mol. The summed E-state index contributed by atoms with van der Waals surface area (Å²) in [5, 5.41) is 20.1. The van der Waals surface area contributed by atoms with E-state index in [1.807, 2.05) is 36.4 Å². The molecular formula is C25H29NO3. The maximum absolute atomic E-state index is 12.2. The first-order valence-electron chi connectivity index (χ1n) is 10.7. The molecule has 2 aliphatic carbocycles. The van der Waals surface area contributed by atoms with Gasteiger partial charge >= 0.3 is 5.97 Å². The third-order valence-electron chi connectivity index (χ3n) is 8.34. The maximum Gasteiger partial charge on any atom is 0.314 e. The summed E-state index contributed by atoms with van der Waals surface area (Å²) in [6.45, 7) is 6.50. The monoisotopic (exact) mass is 391 g/mol. The Hall–Kier alpha value is -2.33. The summed E-state index contributed by atoms with van der Waals surface area (Å²) in [4.78, 5) is 14.8. The topological polar surface area (TPSA) is 60.8 Å². The van der Waals surface area contributed by atoms with Gasteiger partial charge in [0.1, 0.15) is 5.75 Å². The van der Waals surface area contributed by atoms with Gasteiger partial charge in [-0.3, -0.25) is 9.69 Å². The highest BCUT2D eigenvalue weighted by atomic mass is 16.4. The standard InChI is InChI=1S/C25H29NO3/c1-16-22-12-17-8-9-20(27)13-21(17)24(16,2)10-11-26(22)15-19-14-25(19,23(28)29)18-6-4-3-5-7-18/h3-9,13,16,19,22,27H,10-12,14-15H2,1-2H3,(H,28,29)/t16?,19-,22+,24+,25+/m1/s1. The van der Waals surface area contributed by atoms with Crippen molar-refractivity contribution in [3.8, 4) is 5.75 Å². The van der Waals surface area contributed by atoms with Gasteiger partial charge in [0.2, 0.25) is 0 Å². The van der Waals surface area contributed by atoms with Crippen LogP contribution in [0.25, 0.3) is 0 Å². The number of rotatable bonds is 4. The smallest absolute Gasteiger partial charge is 0.314 e. The molecule has 2 N–H and O–H groups in total. The van der Waals surface area contributed by atoms with Crippen molar-refractivity contribution in [2.45, 2.75) is 50.0 Å². The number of hydrogen-bond donors (Lipinski definition) is 2. The lowest BCUT2D eigenvalue weighted by Crippen LogP contribution is -2.58. The molecule has 3 aliphatic rings. The van der Waals surface area contributed by atoms with Crippen molar-refractivity contribution in [2.24, 2.45) is 11.8 Å². The van der Waals surface area contributed by atoms with E-state index in [2.05, 4.69) is 24.8 Å². The molecule has 0 aromatic heterocycles. The van der Waals surface area contributed by atoms with Crippen LogP contribution in [0.4, 0.5) is 0 Å². The Morgan fingerprint density at radius 1 is 1.21 bits per heavy atom. The molecule has 2 fully saturated rings. The van der Waals surface area contributed by atoms with E-state index in [0.717, 1.165) is 37.9 Å². The highest BCUT2D eigenvalue weighted by molar-refractivity contribution is 5.86. The van der Waals surface area contributed by atoms with Gasteiger partial charge in [-0.2, -0.15) is 0 Å². The van der Waals surface area contributed by atoms with Gasteiger partial charge in [0.05, 0.1) is 5.41 Å². The zero-order valence-electron chi connectivity index (χ0n) is 17.1. The van der Waals surface area contributed by atoms with Crippen LogP contribution in [0, 0.1) is 11.8 Å². The average molecular weight is 392 g/mol. The van der Waals surface area contributed by atoms with E-state index in [-0.39, 0.29) is 11.3 Å². The number of aliphatic carboxylic acids is 1. The minimum Gasteiger partial charge on any atom is -0.508 e. The number of nitrogens with zero attached hydrogens (tertiary/aromatic N) is 1. The van der Waals surface area contributed by atoms with Crippen molar-refractivity contribution >= 4 is 5.97 Å². The van der Waals surface area contributed by atoms with Gasteiger partial charge in [-0.15, -0.1) is 0 Å². The van der Waals surface area contributed by atoms with Crippen LogP contribution in [0.3, 0.4) is 0 Å². The average Bonchev–Trinajstić information content (AvgIpc) is 3.44. The van der Waals surface area contributed by atoms with E-state index in [4.69, 9.17) is 0 Å². The Labute approximate surface area is 172 Å². The van der Waals surface area contributed by atoms with Gasteiger partial charge in [0, 0.05) is 12.6 Å². The number of carboxylic acid groups (broad SMARTS) is 1. The molecule has 1 saturated heterocycles. The molecule has 1 heterocycles. The molecule has 2 aromatic rings. The number of phenolic OH excluding ortho intramolecular Hbond substituents is 1. The van der Waals surface area contributed by atoms with E-state index >= 15 is 0 Å². The quantitative estimate of drug-likeness (QED) is 0.828. The second kappa shape index (κ2) is 6.33. The second-order valence-electron chi connectivity index (χ2n) is 9.61. The Morgan fingerprint density at radius 3 is 2.69 bits per heavy atom. The van der Waals surface area contributed by atoms with Gasteiger partial charge < -0.3 is 10.2 Å². The Balaban J connectivity index is 1.41. The Morgan fingerprint density at radius 2 is 1.97 bits per heavy atom. The molecule has 4 nitrogen and oxygen atoms in total. The van der Waals surface area contributed by atoms with E-state index < -0.39 is 11.4 Å². The molecule has 0 spiro atoms. The summed E-state index contributed by atoms with van der Waals surface area (Å²) in [5.41, 5.74) is 2.93. The summed E-state index contributed by atoms with van der Waals surface area (Å²) in [5.74, 6) is 0.304. The van der Waals surface area contributed by atoms with Gasteiger partial charge in [0.25, 0.3) is 0 Å². The first-order valence-corrected chi connectivity index (χ1v) is 10.7. The van der Waals surface area contributed by atoms with E-state index in [1.165, 1.54) is 11.1 Å². The van der Waals surface area contributed by atoms with Crippen LogP contribution in [-0.2, 0) is 22.0 Å². The number of phenols is 1. The highest BCUT2D eigenvalue weighted by Gasteiger charge is 2.62. The third-order valence-corrected chi connectivity index (χ3v) is 8.34. The van der Waals surface area contributed by atoms with Crippen LogP contribution < -0.4 is 0 Å². The van der Waals surface area contributed by atoms with Gasteiger partial charge in [-0.25, -0.2) is 0 Å². The fourth-order valence-electron chi connectivity index (χ4n) is 6.23. The van der Waals surface area contributed by atoms with Crippen molar-refractivity contribution in [3.05, 3.63) is 65.2 Å². The summed E-state index contributed by atoms with van der Waals surface area (Å²) in [7, 11) is 0. The molecule has 0 radical (unpaired) electrons. The van der Waals surface area contributed by atoms with Crippen LogP contribution in [-0.4, -0.2) is 40.2 Å². The maximum atomic E-state index is 12.2. The highest BCUT2D eigenvalue weighted by Crippen LogP contribution is 2.56. The molecule has 152 valence electrons. The summed E-state index contributed by atoms with van der Waals surface area (Å²) in [6, 6.07) is 16.0. The predicted octanol–water partition coefficient (Wildman–Crippen LogP) is 3.96. The number of hydrogen-bond acceptors (Lipinski definition) is 3. The van der Waals surface area contributed by atoms with Crippen molar-refractivity contribution < 1.29 is 15.0 Å². The van der Waals surface area contributed by atoms with Crippen molar-refractivity contribution in [1.29, 1.82) is 0 Å².